The van der Waals surface area contributed by atoms with Crippen LogP contribution in [0.25, 0.3) is 10.2 Å². The van der Waals surface area contributed by atoms with Crippen LogP contribution in [0, 0.1) is 0 Å². The summed E-state index contributed by atoms with van der Waals surface area (Å²) in [6.45, 7) is -1.88. The Kier molecular flexibility index (Phi) is 0.981. The molecular weight excluding hydrogens is 202 g/mol. The highest BCUT2D eigenvalue weighted by Crippen LogP contribution is 2.18. The minimum Gasteiger partial charge on any atom is -0.372 e. The lowest BCUT2D eigenvalue weighted by Crippen LogP contribution is -2.25. The summed E-state index contributed by atoms with van der Waals surface area (Å²) in [5.41, 5.74) is -1.11. The van der Waals surface area contributed by atoms with E-state index in [0.717, 1.165) is 6.92 Å². The molecule has 0 aliphatic carbocycles. The first-order valence-electron chi connectivity index (χ1n) is 6.65. The van der Waals surface area contributed by atoms with Crippen LogP contribution in [0.15, 0.2) is 25.4 Å². The zero-order valence-corrected chi connectivity index (χ0v) is 7.90. The Balaban J connectivity index is 3.02. The van der Waals surface area contributed by atoms with E-state index in [1.54, 1.807) is 0 Å². The minimum absolute atomic E-state index is 0.213. The maximum absolute atomic E-state index is 11.8. The fourth-order valence-corrected chi connectivity index (χ4v) is 1.86. The molecule has 0 saturated carbocycles. The molecule has 1 atom stereocenters. The molecule has 2 heterocycles. The number of hydrogen-bond donors (Lipinski definition) is 0. The van der Waals surface area contributed by atoms with Crippen molar-refractivity contribution >= 4 is 21.6 Å². The summed E-state index contributed by atoms with van der Waals surface area (Å²) in [5.74, 6) is -1.29. The molecule has 2 aromatic rings. The quantitative estimate of drug-likeness (QED) is 0.729. The van der Waals surface area contributed by atoms with Crippen LogP contribution in [0.1, 0.15) is 28.0 Å². The molecule has 0 spiro atoms. The Morgan fingerprint density at radius 3 is 3.29 bits per heavy atom. The molecule has 0 aliphatic rings. The van der Waals surface area contributed by atoms with Crippen LogP contribution in [0.5, 0.6) is 0 Å². The molecule has 0 N–H and O–H groups in total. The lowest BCUT2D eigenvalue weighted by molar-refractivity contribution is 0.400. The van der Waals surface area contributed by atoms with Crippen molar-refractivity contribution in [3.8, 4) is 0 Å². The molecule has 14 heavy (non-hydrogen) atoms. The molecular formula is C9H9NO3S. The number of nitrogens with zero attached hydrogens (tertiary/aromatic N) is 1. The summed E-state index contributed by atoms with van der Waals surface area (Å²) in [7, 11) is 0. The second-order valence-electron chi connectivity index (χ2n) is 2.59. The highest BCUT2D eigenvalue weighted by atomic mass is 32.1. The Morgan fingerprint density at radius 2 is 2.57 bits per heavy atom. The van der Waals surface area contributed by atoms with Gasteiger partial charge in [0.1, 0.15) is 4.83 Å². The molecule has 4 nitrogen and oxygen atoms in total. The first-order chi connectivity index (χ1) is 8.98. The van der Waals surface area contributed by atoms with Gasteiger partial charge in [0.15, 0.2) is 0 Å². The van der Waals surface area contributed by atoms with E-state index in [4.69, 9.17) is 8.22 Å². The third kappa shape index (κ3) is 1.21. The van der Waals surface area contributed by atoms with Gasteiger partial charge in [-0.05, 0) is 25.2 Å². The molecule has 0 radical (unpaired) electrons. The highest BCUT2D eigenvalue weighted by molar-refractivity contribution is 7.16. The third-order valence-electron chi connectivity index (χ3n) is 1.64. The van der Waals surface area contributed by atoms with E-state index < -0.39 is 30.3 Å². The second-order valence-corrected chi connectivity index (χ2v) is 3.38. The maximum atomic E-state index is 11.8. The number of fused-ring (bicyclic) bond motifs is 1. The molecule has 2 aromatic heterocycles. The Bertz CT molecular complexity index is 799. The summed E-state index contributed by atoms with van der Waals surface area (Å²) in [6.07, 6.45) is 0. The Morgan fingerprint density at radius 1 is 1.79 bits per heavy atom. The van der Waals surface area contributed by atoms with Crippen LogP contribution in [0.2, 0.25) is 0 Å². The van der Waals surface area contributed by atoms with Crippen molar-refractivity contribution in [2.75, 3.05) is 0 Å². The topological polar surface area (TPSA) is 52.2 Å². The molecule has 5 heteroatoms. The summed E-state index contributed by atoms with van der Waals surface area (Å²) < 4.78 is 49.9. The Hall–Kier alpha value is -1.36. The largest absolute Gasteiger partial charge is 0.423 e. The summed E-state index contributed by atoms with van der Waals surface area (Å²) in [6, 6.07) is -2.84. The van der Waals surface area contributed by atoms with Crippen LogP contribution in [0.4, 0.5) is 0 Å². The first-order valence-corrected chi connectivity index (χ1v) is 4.46. The maximum Gasteiger partial charge on any atom is 0.423 e. The SMILES string of the molecule is [2H]c1sc2c(c1[2H])c(=O)oc(=O)n2C([2H])(C)C([2H])([2H])[2H]. The first kappa shape index (κ1) is 4.44. The van der Waals surface area contributed by atoms with Crippen LogP contribution in [-0.4, -0.2) is 4.57 Å². The molecule has 0 aliphatic heterocycles. The van der Waals surface area contributed by atoms with Gasteiger partial charge in [0, 0.05) is 10.1 Å². The fourth-order valence-electron chi connectivity index (χ4n) is 1.07. The smallest absolute Gasteiger partial charge is 0.372 e. The van der Waals surface area contributed by atoms with E-state index in [-0.39, 0.29) is 15.6 Å². The Labute approximate surface area is 91.8 Å². The van der Waals surface area contributed by atoms with E-state index in [2.05, 4.69) is 4.42 Å². The van der Waals surface area contributed by atoms with Crippen molar-refractivity contribution in [1.29, 1.82) is 0 Å². The van der Waals surface area contributed by atoms with Crippen LogP contribution >= 0.6 is 11.3 Å². The fraction of sp³-hybridized carbons (Fsp3) is 0.333. The van der Waals surface area contributed by atoms with Gasteiger partial charge >= 0.3 is 11.4 Å². The summed E-state index contributed by atoms with van der Waals surface area (Å²) in [4.78, 5) is 23.1. The van der Waals surface area contributed by atoms with Crippen molar-refractivity contribution in [2.24, 2.45) is 0 Å². The number of thiophene rings is 1. The van der Waals surface area contributed by atoms with Gasteiger partial charge in [0.2, 0.25) is 0 Å². The van der Waals surface area contributed by atoms with E-state index in [1.807, 2.05) is 0 Å². The normalized spacial score (nSPS) is 22.6. The van der Waals surface area contributed by atoms with Crippen molar-refractivity contribution in [3.63, 3.8) is 0 Å². The molecule has 74 valence electrons. The van der Waals surface area contributed by atoms with Gasteiger partial charge in [0.05, 0.1) is 9.50 Å². The molecule has 0 saturated heterocycles. The van der Waals surface area contributed by atoms with Gasteiger partial charge in [-0.25, -0.2) is 9.59 Å². The van der Waals surface area contributed by atoms with Crippen molar-refractivity contribution in [2.45, 2.75) is 19.8 Å². The van der Waals surface area contributed by atoms with Gasteiger partial charge in [0.25, 0.3) is 0 Å². The van der Waals surface area contributed by atoms with Gasteiger partial charge in [-0.2, -0.15) is 0 Å². The zero-order chi connectivity index (χ0) is 15.5. The van der Waals surface area contributed by atoms with E-state index in [9.17, 15) is 9.59 Å². The molecule has 0 amide bonds. The number of hydrogen-bond acceptors (Lipinski definition) is 4. The van der Waals surface area contributed by atoms with E-state index in [1.165, 1.54) is 0 Å². The number of rotatable bonds is 1. The molecule has 0 fully saturated rings. The van der Waals surface area contributed by atoms with Gasteiger partial charge in [-0.15, -0.1) is 11.3 Å². The van der Waals surface area contributed by atoms with Crippen molar-refractivity contribution < 1.29 is 12.6 Å². The second kappa shape index (κ2) is 3.09. The van der Waals surface area contributed by atoms with E-state index in [0.29, 0.717) is 15.9 Å². The van der Waals surface area contributed by atoms with Gasteiger partial charge in [-0.3, -0.25) is 4.57 Å². The van der Waals surface area contributed by atoms with Crippen molar-refractivity contribution in [3.05, 3.63) is 32.4 Å². The summed E-state index contributed by atoms with van der Waals surface area (Å²) in [5, 5.41) is -0.671. The van der Waals surface area contributed by atoms with Gasteiger partial charge < -0.3 is 4.42 Å². The number of aromatic nitrogens is 1. The zero-order valence-electron chi connectivity index (χ0n) is 13.1. The lowest BCUT2D eigenvalue weighted by atomic mass is 10.3. The third-order valence-corrected chi connectivity index (χ3v) is 2.43. The predicted octanol–water partition coefficient (Wildman–Crippen LogP) is 1.60. The predicted molar refractivity (Wildman–Crippen MR) is 55.0 cm³/mol. The van der Waals surface area contributed by atoms with Crippen molar-refractivity contribution in [1.82, 2.24) is 4.57 Å². The van der Waals surface area contributed by atoms with Crippen LogP contribution in [0.3, 0.4) is 0 Å². The summed E-state index contributed by atoms with van der Waals surface area (Å²) >= 11 is 0.589. The average molecular weight is 217 g/mol. The molecule has 2 rings (SSSR count). The standard InChI is InChI=1S/C9H9NO3S/c1-5(2)10-7-6(3-4-14-7)8(11)13-9(10)12/h3-5H,1-2H3/i1D3,3D,4D,5D. The van der Waals surface area contributed by atoms with Gasteiger partial charge in [-0.1, -0.05) is 0 Å². The highest BCUT2D eigenvalue weighted by Gasteiger charge is 2.12. The molecule has 0 aromatic carbocycles. The lowest BCUT2D eigenvalue weighted by Gasteiger charge is -2.08. The molecule has 0 bridgehead atoms. The van der Waals surface area contributed by atoms with Crippen LogP contribution < -0.4 is 11.4 Å². The van der Waals surface area contributed by atoms with Crippen LogP contribution in [-0.2, 0) is 0 Å². The van der Waals surface area contributed by atoms with E-state index >= 15 is 0 Å². The molecule has 1 unspecified atom stereocenters. The average Bonchev–Trinajstić information content (AvgIpc) is 2.53. The monoisotopic (exact) mass is 217 g/mol. The minimum atomic E-state index is -2.86.